The van der Waals surface area contributed by atoms with Gasteiger partial charge in [-0.05, 0) is 33.3 Å². The molecule has 1 aromatic heterocycles. The summed E-state index contributed by atoms with van der Waals surface area (Å²) in [5, 5.41) is 0. The molecule has 0 saturated carbocycles. The first-order valence-corrected chi connectivity index (χ1v) is 7.25. The Morgan fingerprint density at radius 2 is 1.82 bits per heavy atom. The predicted octanol–water partition coefficient (Wildman–Crippen LogP) is 1.87. The predicted molar refractivity (Wildman–Crippen MR) is 83.1 cm³/mol. The van der Waals surface area contributed by atoms with Crippen LogP contribution in [-0.4, -0.2) is 46.8 Å². The molecular weight excluding hydrogens is 284 g/mol. The summed E-state index contributed by atoms with van der Waals surface area (Å²) in [5.74, 6) is -0.811. The van der Waals surface area contributed by atoms with Crippen LogP contribution in [0.2, 0.25) is 0 Å². The van der Waals surface area contributed by atoms with Crippen molar-refractivity contribution < 1.29 is 19.1 Å². The molecule has 6 heteroatoms. The van der Waals surface area contributed by atoms with Gasteiger partial charge in [-0.1, -0.05) is 0 Å². The second kappa shape index (κ2) is 6.77. The van der Waals surface area contributed by atoms with Crippen molar-refractivity contribution in [3.63, 3.8) is 0 Å². The van der Waals surface area contributed by atoms with Crippen LogP contribution in [0.5, 0.6) is 0 Å². The molecule has 1 atom stereocenters. The zero-order valence-corrected chi connectivity index (χ0v) is 14.3. The van der Waals surface area contributed by atoms with E-state index in [9.17, 15) is 14.4 Å². The van der Waals surface area contributed by atoms with Gasteiger partial charge in [0.2, 0.25) is 5.91 Å². The minimum atomic E-state index is -0.590. The summed E-state index contributed by atoms with van der Waals surface area (Å²) >= 11 is 0. The molecule has 22 heavy (non-hydrogen) atoms. The molecule has 1 heterocycles. The molecule has 0 aliphatic carbocycles. The number of aromatic nitrogens is 1. The van der Waals surface area contributed by atoms with Gasteiger partial charge in [0.25, 0.3) is 0 Å². The van der Waals surface area contributed by atoms with E-state index in [0.717, 1.165) is 0 Å². The lowest BCUT2D eigenvalue weighted by Gasteiger charge is -2.22. The number of Topliss-reactive ketones (excluding diaryl/α,β-unsaturated/α-hetero) is 1. The summed E-state index contributed by atoms with van der Waals surface area (Å²) in [6.45, 7) is 8.61. The van der Waals surface area contributed by atoms with Crippen LogP contribution in [0.4, 0.5) is 0 Å². The van der Waals surface area contributed by atoms with Crippen molar-refractivity contribution in [3.05, 3.63) is 22.5 Å². The summed E-state index contributed by atoms with van der Waals surface area (Å²) in [7, 11) is 3.31. The maximum atomic E-state index is 12.7. The normalized spacial score (nSPS) is 12.0. The molecule has 0 spiro atoms. The van der Waals surface area contributed by atoms with Crippen LogP contribution >= 0.6 is 0 Å². The van der Waals surface area contributed by atoms with Crippen molar-refractivity contribution in [1.29, 1.82) is 0 Å². The van der Waals surface area contributed by atoms with Gasteiger partial charge in [0.1, 0.15) is 5.69 Å². The number of ketones is 1. The van der Waals surface area contributed by atoms with E-state index in [4.69, 9.17) is 4.74 Å². The quantitative estimate of drug-likeness (QED) is 0.615. The number of esters is 1. The average molecular weight is 308 g/mol. The second-order valence-electron chi connectivity index (χ2n) is 5.38. The first kappa shape index (κ1) is 17.9. The number of ether oxygens (including phenoxy) is 1. The van der Waals surface area contributed by atoms with Gasteiger partial charge >= 0.3 is 5.97 Å². The van der Waals surface area contributed by atoms with E-state index in [2.05, 4.69) is 0 Å². The highest BCUT2D eigenvalue weighted by Gasteiger charge is 2.30. The fourth-order valence-corrected chi connectivity index (χ4v) is 2.49. The van der Waals surface area contributed by atoms with Gasteiger partial charge in [-0.2, -0.15) is 0 Å². The van der Waals surface area contributed by atoms with Gasteiger partial charge in [-0.25, -0.2) is 4.79 Å². The van der Waals surface area contributed by atoms with Crippen LogP contribution in [0.3, 0.4) is 0 Å². The van der Waals surface area contributed by atoms with Crippen LogP contribution in [0.1, 0.15) is 52.9 Å². The third-order valence-electron chi connectivity index (χ3n) is 4.10. The van der Waals surface area contributed by atoms with Crippen LogP contribution < -0.4 is 0 Å². The Hall–Kier alpha value is -2.11. The Labute approximate surface area is 131 Å². The van der Waals surface area contributed by atoms with Crippen molar-refractivity contribution >= 4 is 17.7 Å². The van der Waals surface area contributed by atoms with Crippen LogP contribution in [0.15, 0.2) is 0 Å². The Balaban J connectivity index is 3.32. The maximum Gasteiger partial charge on any atom is 0.355 e. The third-order valence-corrected chi connectivity index (χ3v) is 4.10. The molecule has 0 bridgehead atoms. The van der Waals surface area contributed by atoms with Crippen molar-refractivity contribution in [2.45, 2.75) is 40.7 Å². The number of likely N-dealkylation sites (N-methyl/N-ethyl adjacent to an activating group) is 1. The number of carbonyl (C=O) groups is 3. The average Bonchev–Trinajstić information content (AvgIpc) is 2.67. The molecule has 1 rings (SSSR count). The highest BCUT2D eigenvalue weighted by molar-refractivity contribution is 6.06. The lowest BCUT2D eigenvalue weighted by atomic mass is 10.00. The summed E-state index contributed by atoms with van der Waals surface area (Å²) < 4.78 is 6.72. The van der Waals surface area contributed by atoms with E-state index in [1.54, 1.807) is 46.4 Å². The SMILES string of the molecule is CCOC(=O)c1c(C)c(C(=O)C(C)N(C)C(C)=O)c(C)n1C. The largest absolute Gasteiger partial charge is 0.461 e. The molecule has 0 N–H and O–H groups in total. The molecule has 1 aromatic rings. The van der Waals surface area contributed by atoms with Crippen LogP contribution in [0, 0.1) is 13.8 Å². The summed E-state index contributed by atoms with van der Waals surface area (Å²) in [6, 6.07) is -0.590. The van der Waals surface area contributed by atoms with E-state index >= 15 is 0 Å². The van der Waals surface area contributed by atoms with E-state index in [-0.39, 0.29) is 18.3 Å². The second-order valence-corrected chi connectivity index (χ2v) is 5.38. The molecule has 0 aliphatic heterocycles. The Bertz CT molecular complexity index is 616. The highest BCUT2D eigenvalue weighted by Crippen LogP contribution is 2.24. The molecule has 0 saturated heterocycles. The van der Waals surface area contributed by atoms with Gasteiger partial charge in [0, 0.05) is 32.3 Å². The summed E-state index contributed by atoms with van der Waals surface area (Å²) in [6.07, 6.45) is 0. The highest BCUT2D eigenvalue weighted by atomic mass is 16.5. The van der Waals surface area contributed by atoms with E-state index in [0.29, 0.717) is 22.5 Å². The van der Waals surface area contributed by atoms with E-state index < -0.39 is 12.0 Å². The molecule has 6 nitrogen and oxygen atoms in total. The monoisotopic (exact) mass is 308 g/mol. The lowest BCUT2D eigenvalue weighted by molar-refractivity contribution is -0.128. The lowest BCUT2D eigenvalue weighted by Crippen LogP contribution is -2.39. The number of hydrogen-bond acceptors (Lipinski definition) is 4. The van der Waals surface area contributed by atoms with Gasteiger partial charge in [-0.3, -0.25) is 9.59 Å². The topological polar surface area (TPSA) is 68.6 Å². The number of hydrogen-bond donors (Lipinski definition) is 0. The molecule has 1 amide bonds. The van der Waals surface area contributed by atoms with Crippen LogP contribution in [0.25, 0.3) is 0 Å². The fourth-order valence-electron chi connectivity index (χ4n) is 2.49. The van der Waals surface area contributed by atoms with E-state index in [1.807, 2.05) is 0 Å². The van der Waals surface area contributed by atoms with E-state index in [1.165, 1.54) is 11.8 Å². The van der Waals surface area contributed by atoms with Crippen molar-refractivity contribution in [2.24, 2.45) is 7.05 Å². The Kier molecular flexibility index (Phi) is 5.52. The first-order chi connectivity index (χ1) is 10.1. The molecule has 0 fully saturated rings. The minimum Gasteiger partial charge on any atom is -0.461 e. The van der Waals surface area contributed by atoms with Crippen molar-refractivity contribution in [3.8, 4) is 0 Å². The first-order valence-electron chi connectivity index (χ1n) is 7.25. The number of carbonyl (C=O) groups excluding carboxylic acids is 3. The zero-order valence-electron chi connectivity index (χ0n) is 14.3. The fraction of sp³-hybridized carbons (Fsp3) is 0.562. The number of rotatable bonds is 5. The Morgan fingerprint density at radius 1 is 1.27 bits per heavy atom. The number of nitrogens with zero attached hydrogens (tertiary/aromatic N) is 2. The maximum absolute atomic E-state index is 12.7. The molecule has 1 unspecified atom stereocenters. The molecule has 0 radical (unpaired) electrons. The third kappa shape index (κ3) is 3.05. The van der Waals surface area contributed by atoms with Gasteiger partial charge in [0.05, 0.1) is 12.6 Å². The van der Waals surface area contributed by atoms with Crippen LogP contribution in [-0.2, 0) is 16.6 Å². The summed E-state index contributed by atoms with van der Waals surface area (Å²) in [5.41, 5.74) is 2.13. The van der Waals surface area contributed by atoms with Gasteiger partial charge in [0.15, 0.2) is 5.78 Å². The summed E-state index contributed by atoms with van der Waals surface area (Å²) in [4.78, 5) is 37.6. The number of amides is 1. The molecular formula is C16H24N2O4. The van der Waals surface area contributed by atoms with Gasteiger partial charge < -0.3 is 14.2 Å². The van der Waals surface area contributed by atoms with Gasteiger partial charge in [-0.15, -0.1) is 0 Å². The van der Waals surface area contributed by atoms with Crippen molar-refractivity contribution in [1.82, 2.24) is 9.47 Å². The standard InChI is InChI=1S/C16H24N2O4/c1-8-22-16(21)14-9(2)13(10(3)18(14)7)15(20)11(4)17(6)12(5)19/h11H,8H2,1-7H3. The smallest absolute Gasteiger partial charge is 0.355 e. The molecule has 0 aliphatic rings. The minimum absolute atomic E-state index is 0.182. The van der Waals surface area contributed by atoms with Crippen molar-refractivity contribution in [2.75, 3.05) is 13.7 Å². The Morgan fingerprint density at radius 3 is 2.27 bits per heavy atom. The zero-order chi connectivity index (χ0) is 17.2. The molecule has 122 valence electrons. The molecule has 0 aromatic carbocycles.